The molecule has 1 aliphatic heterocycles. The molecule has 1 aromatic rings. The summed E-state index contributed by atoms with van der Waals surface area (Å²) in [5.74, 6) is 0.530. The van der Waals surface area contributed by atoms with Crippen LogP contribution in [0.2, 0.25) is 5.02 Å². The van der Waals surface area contributed by atoms with Crippen LogP contribution in [-0.2, 0) is 9.59 Å². The molecule has 1 aromatic carbocycles. The molecule has 0 bridgehead atoms. The van der Waals surface area contributed by atoms with Gasteiger partial charge in [-0.3, -0.25) is 9.59 Å². The molecule has 1 atom stereocenters. The lowest BCUT2D eigenvalue weighted by molar-refractivity contribution is -0.125. The zero-order chi connectivity index (χ0) is 16.9. The number of hydrogen-bond donors (Lipinski definition) is 3. The quantitative estimate of drug-likeness (QED) is 0.720. The van der Waals surface area contributed by atoms with Crippen LogP contribution < -0.4 is 20.7 Å². The van der Waals surface area contributed by atoms with Gasteiger partial charge in [0.2, 0.25) is 5.91 Å². The second-order valence-corrected chi connectivity index (χ2v) is 6.77. The molecule has 130 valence electrons. The number of amides is 2. The second kappa shape index (κ2) is 7.85. The van der Waals surface area contributed by atoms with Gasteiger partial charge in [-0.15, -0.1) is 0 Å². The summed E-state index contributed by atoms with van der Waals surface area (Å²) in [5, 5.41) is 9.75. The molecule has 0 spiro atoms. The molecule has 1 unspecified atom stereocenters. The van der Waals surface area contributed by atoms with E-state index in [2.05, 4.69) is 16.0 Å². The molecule has 24 heavy (non-hydrogen) atoms. The number of nitrogens with one attached hydrogen (secondary N) is 3. The monoisotopic (exact) mass is 351 g/mol. The molecule has 1 saturated carbocycles. The van der Waals surface area contributed by atoms with E-state index in [1.54, 1.807) is 24.3 Å². The normalized spacial score (nSPS) is 25.6. The topological polar surface area (TPSA) is 79.5 Å². The number of ether oxygens (including phenoxy) is 1. The first-order valence-electron chi connectivity index (χ1n) is 8.31. The SMILES string of the molecule is O=C(COc1ccc(Cl)cc1)N[C@H]1C[C@@H](NC(=O)C2CCCN2)C1. The molecule has 3 rings (SSSR count). The van der Waals surface area contributed by atoms with E-state index in [9.17, 15) is 9.59 Å². The number of hydrogen-bond acceptors (Lipinski definition) is 4. The predicted octanol–water partition coefficient (Wildman–Crippen LogP) is 1.23. The molecule has 0 aromatic heterocycles. The summed E-state index contributed by atoms with van der Waals surface area (Å²) in [5.41, 5.74) is 0. The van der Waals surface area contributed by atoms with Gasteiger partial charge in [0.25, 0.3) is 5.91 Å². The Morgan fingerprint density at radius 2 is 1.88 bits per heavy atom. The van der Waals surface area contributed by atoms with Crippen molar-refractivity contribution in [2.75, 3.05) is 13.2 Å². The van der Waals surface area contributed by atoms with Crippen molar-refractivity contribution in [2.45, 2.75) is 43.8 Å². The molecular formula is C17H22ClN3O3. The van der Waals surface area contributed by atoms with Crippen molar-refractivity contribution in [1.82, 2.24) is 16.0 Å². The molecule has 3 N–H and O–H groups in total. The zero-order valence-corrected chi connectivity index (χ0v) is 14.1. The third-order valence-electron chi connectivity index (χ3n) is 4.41. The average Bonchev–Trinajstić information content (AvgIpc) is 3.06. The number of carbonyl (C=O) groups is 2. The minimum atomic E-state index is -0.155. The van der Waals surface area contributed by atoms with Crippen molar-refractivity contribution >= 4 is 23.4 Å². The summed E-state index contributed by atoms with van der Waals surface area (Å²) in [6.45, 7) is 0.885. The highest BCUT2D eigenvalue weighted by molar-refractivity contribution is 6.30. The Kier molecular flexibility index (Phi) is 5.58. The van der Waals surface area contributed by atoms with Gasteiger partial charge in [0.1, 0.15) is 5.75 Å². The molecule has 1 heterocycles. The third-order valence-corrected chi connectivity index (χ3v) is 4.66. The Morgan fingerprint density at radius 1 is 1.17 bits per heavy atom. The molecular weight excluding hydrogens is 330 g/mol. The maximum atomic E-state index is 12.0. The number of benzene rings is 1. The van der Waals surface area contributed by atoms with E-state index in [4.69, 9.17) is 16.3 Å². The standard InChI is InChI=1S/C17H22ClN3O3/c18-11-3-5-14(6-4-11)24-10-16(22)20-12-8-13(9-12)21-17(23)15-2-1-7-19-15/h3-6,12-13,15,19H,1-2,7-10H2,(H,20,22)(H,21,23)/t12-,13+,15?. The van der Waals surface area contributed by atoms with Crippen molar-refractivity contribution in [3.8, 4) is 5.75 Å². The Balaban J connectivity index is 1.31. The van der Waals surface area contributed by atoms with Crippen LogP contribution in [0, 0.1) is 0 Å². The molecule has 0 radical (unpaired) electrons. The maximum Gasteiger partial charge on any atom is 0.258 e. The van der Waals surface area contributed by atoms with Crippen LogP contribution in [0.1, 0.15) is 25.7 Å². The van der Waals surface area contributed by atoms with Gasteiger partial charge < -0.3 is 20.7 Å². The van der Waals surface area contributed by atoms with Crippen LogP contribution in [0.5, 0.6) is 5.75 Å². The van der Waals surface area contributed by atoms with Gasteiger partial charge in [-0.2, -0.15) is 0 Å². The summed E-state index contributed by atoms with van der Waals surface area (Å²) in [6.07, 6.45) is 3.49. The number of rotatable bonds is 6. The Bertz CT molecular complexity index is 581. The highest BCUT2D eigenvalue weighted by Crippen LogP contribution is 2.21. The molecule has 2 amide bonds. The fourth-order valence-electron chi connectivity index (χ4n) is 3.01. The van der Waals surface area contributed by atoms with Crippen LogP contribution in [0.4, 0.5) is 0 Å². The summed E-state index contributed by atoms with van der Waals surface area (Å²) in [6, 6.07) is 7.09. The molecule has 7 heteroatoms. The smallest absolute Gasteiger partial charge is 0.258 e. The van der Waals surface area contributed by atoms with Crippen LogP contribution in [0.15, 0.2) is 24.3 Å². The van der Waals surface area contributed by atoms with E-state index in [-0.39, 0.29) is 36.5 Å². The molecule has 2 fully saturated rings. The van der Waals surface area contributed by atoms with Crippen molar-refractivity contribution in [3.05, 3.63) is 29.3 Å². The van der Waals surface area contributed by atoms with Gasteiger partial charge in [0.05, 0.1) is 6.04 Å². The fourth-order valence-corrected chi connectivity index (χ4v) is 3.14. The Hall–Kier alpha value is -1.79. The first kappa shape index (κ1) is 17.0. The summed E-state index contributed by atoms with van der Waals surface area (Å²) < 4.78 is 5.40. The van der Waals surface area contributed by atoms with Crippen molar-refractivity contribution in [2.24, 2.45) is 0 Å². The van der Waals surface area contributed by atoms with Crippen LogP contribution >= 0.6 is 11.6 Å². The van der Waals surface area contributed by atoms with Gasteiger partial charge in [-0.1, -0.05) is 11.6 Å². The zero-order valence-electron chi connectivity index (χ0n) is 13.4. The summed E-state index contributed by atoms with van der Waals surface area (Å²) >= 11 is 5.79. The molecule has 1 aliphatic carbocycles. The van der Waals surface area contributed by atoms with Gasteiger partial charge in [0, 0.05) is 17.1 Å². The third kappa shape index (κ3) is 4.61. The fraction of sp³-hybridized carbons (Fsp3) is 0.529. The highest BCUT2D eigenvalue weighted by atomic mass is 35.5. The largest absolute Gasteiger partial charge is 0.484 e. The number of carbonyl (C=O) groups excluding carboxylic acids is 2. The Labute approximate surface area is 146 Å². The van der Waals surface area contributed by atoms with E-state index in [1.165, 1.54) is 0 Å². The maximum absolute atomic E-state index is 12.0. The average molecular weight is 352 g/mol. The van der Waals surface area contributed by atoms with Gasteiger partial charge in [-0.05, 0) is 56.5 Å². The van der Waals surface area contributed by atoms with Gasteiger partial charge in [-0.25, -0.2) is 0 Å². The van der Waals surface area contributed by atoms with Crippen molar-refractivity contribution < 1.29 is 14.3 Å². The first-order valence-corrected chi connectivity index (χ1v) is 8.69. The molecule has 1 saturated heterocycles. The van der Waals surface area contributed by atoms with Crippen LogP contribution in [-0.4, -0.2) is 43.1 Å². The predicted molar refractivity (Wildman–Crippen MR) is 91.1 cm³/mol. The first-order chi connectivity index (χ1) is 11.6. The minimum absolute atomic E-state index is 0.0266. The Morgan fingerprint density at radius 3 is 2.54 bits per heavy atom. The van der Waals surface area contributed by atoms with Crippen LogP contribution in [0.25, 0.3) is 0 Å². The summed E-state index contributed by atoms with van der Waals surface area (Å²) in [7, 11) is 0. The summed E-state index contributed by atoms with van der Waals surface area (Å²) in [4.78, 5) is 23.8. The lowest BCUT2D eigenvalue weighted by atomic mass is 9.86. The minimum Gasteiger partial charge on any atom is -0.484 e. The number of halogens is 1. The van der Waals surface area contributed by atoms with E-state index >= 15 is 0 Å². The van der Waals surface area contributed by atoms with Gasteiger partial charge >= 0.3 is 0 Å². The van der Waals surface area contributed by atoms with Crippen molar-refractivity contribution in [1.29, 1.82) is 0 Å². The second-order valence-electron chi connectivity index (χ2n) is 6.33. The lowest BCUT2D eigenvalue weighted by Gasteiger charge is -2.36. The molecule has 2 aliphatic rings. The molecule has 6 nitrogen and oxygen atoms in total. The van der Waals surface area contributed by atoms with Crippen LogP contribution in [0.3, 0.4) is 0 Å². The van der Waals surface area contributed by atoms with Gasteiger partial charge in [0.15, 0.2) is 6.61 Å². The lowest BCUT2D eigenvalue weighted by Crippen LogP contribution is -2.56. The van der Waals surface area contributed by atoms with E-state index in [1.807, 2.05) is 0 Å². The van der Waals surface area contributed by atoms with Crippen molar-refractivity contribution in [3.63, 3.8) is 0 Å². The highest BCUT2D eigenvalue weighted by Gasteiger charge is 2.33. The van der Waals surface area contributed by atoms with E-state index < -0.39 is 0 Å². The van der Waals surface area contributed by atoms with E-state index in [0.29, 0.717) is 10.8 Å². The van der Waals surface area contributed by atoms with E-state index in [0.717, 1.165) is 32.2 Å².